The van der Waals surface area contributed by atoms with E-state index in [1.54, 1.807) is 0 Å². The molecule has 0 radical (unpaired) electrons. The fourth-order valence-electron chi connectivity index (χ4n) is 2.44. The van der Waals surface area contributed by atoms with Crippen LogP contribution in [0.3, 0.4) is 0 Å². The standard InChI is InChI=1S/C15H25N5S/c1-12(19-10-8-17-9-11-19)6-4-5-7-13(2)20-15(16)21-14(3)18-20/h4,6,13,16-17H,1,5,7-11H2,2-3H3/b6-4-,16-15?. The van der Waals surface area contributed by atoms with E-state index in [9.17, 15) is 0 Å². The van der Waals surface area contributed by atoms with Gasteiger partial charge >= 0.3 is 0 Å². The summed E-state index contributed by atoms with van der Waals surface area (Å²) in [6, 6.07) is 0.263. The molecule has 0 saturated carbocycles. The fourth-order valence-corrected chi connectivity index (χ4v) is 3.16. The van der Waals surface area contributed by atoms with Gasteiger partial charge in [-0.15, -0.1) is 0 Å². The van der Waals surface area contributed by atoms with Crippen molar-refractivity contribution in [3.63, 3.8) is 0 Å². The van der Waals surface area contributed by atoms with Gasteiger partial charge < -0.3 is 10.2 Å². The van der Waals surface area contributed by atoms with Crippen LogP contribution in [0.25, 0.3) is 0 Å². The van der Waals surface area contributed by atoms with Gasteiger partial charge in [0.2, 0.25) is 0 Å². The van der Waals surface area contributed by atoms with Crippen molar-refractivity contribution in [2.24, 2.45) is 0 Å². The Morgan fingerprint density at radius 3 is 2.86 bits per heavy atom. The third-order valence-electron chi connectivity index (χ3n) is 3.70. The molecule has 1 aliphatic heterocycles. The molecule has 1 aliphatic rings. The lowest BCUT2D eigenvalue weighted by atomic mass is 10.1. The number of aryl methyl sites for hydroxylation is 1. The second-order valence-corrected chi connectivity index (χ2v) is 6.61. The summed E-state index contributed by atoms with van der Waals surface area (Å²) in [5, 5.41) is 16.6. The van der Waals surface area contributed by atoms with Crippen LogP contribution in [-0.2, 0) is 0 Å². The molecule has 116 valence electrons. The first-order valence-corrected chi connectivity index (χ1v) is 8.31. The molecule has 1 unspecified atom stereocenters. The van der Waals surface area contributed by atoms with Crippen LogP contribution in [0.4, 0.5) is 0 Å². The van der Waals surface area contributed by atoms with E-state index < -0.39 is 0 Å². The molecule has 1 saturated heterocycles. The molecule has 2 rings (SSSR count). The Bertz CT molecular complexity index is 551. The molecule has 1 aromatic heterocycles. The van der Waals surface area contributed by atoms with E-state index in [-0.39, 0.29) is 6.04 Å². The molecular formula is C15H25N5S. The molecule has 2 N–H and O–H groups in total. The molecule has 21 heavy (non-hydrogen) atoms. The first-order valence-electron chi connectivity index (χ1n) is 7.50. The highest BCUT2D eigenvalue weighted by molar-refractivity contribution is 7.08. The Morgan fingerprint density at radius 1 is 1.52 bits per heavy atom. The lowest BCUT2D eigenvalue weighted by Gasteiger charge is -2.29. The number of piperazine rings is 1. The van der Waals surface area contributed by atoms with Gasteiger partial charge in [0, 0.05) is 31.9 Å². The van der Waals surface area contributed by atoms with Crippen molar-refractivity contribution in [3.05, 3.63) is 34.2 Å². The Labute approximate surface area is 130 Å². The van der Waals surface area contributed by atoms with Crippen LogP contribution in [0.15, 0.2) is 24.4 Å². The highest BCUT2D eigenvalue weighted by Crippen LogP contribution is 2.13. The predicted molar refractivity (Wildman–Crippen MR) is 87.4 cm³/mol. The van der Waals surface area contributed by atoms with E-state index in [1.807, 2.05) is 11.6 Å². The predicted octanol–water partition coefficient (Wildman–Crippen LogP) is 2.05. The highest BCUT2D eigenvalue weighted by Gasteiger charge is 2.10. The van der Waals surface area contributed by atoms with Crippen LogP contribution < -0.4 is 10.1 Å². The van der Waals surface area contributed by atoms with Crippen LogP contribution in [0, 0.1) is 12.3 Å². The summed E-state index contributed by atoms with van der Waals surface area (Å²) in [5.41, 5.74) is 1.10. The van der Waals surface area contributed by atoms with Gasteiger partial charge in [-0.1, -0.05) is 24.0 Å². The quantitative estimate of drug-likeness (QED) is 0.791. The van der Waals surface area contributed by atoms with E-state index in [2.05, 4.69) is 41.0 Å². The largest absolute Gasteiger partial charge is 0.369 e. The number of rotatable bonds is 6. The third kappa shape index (κ3) is 4.54. The molecule has 1 atom stereocenters. The maximum absolute atomic E-state index is 7.88. The zero-order valence-corrected chi connectivity index (χ0v) is 13.7. The summed E-state index contributed by atoms with van der Waals surface area (Å²) in [5.74, 6) is 0. The van der Waals surface area contributed by atoms with Crippen molar-refractivity contribution in [2.45, 2.75) is 32.7 Å². The van der Waals surface area contributed by atoms with Crippen molar-refractivity contribution in [3.8, 4) is 0 Å². The molecule has 0 aromatic carbocycles. The van der Waals surface area contributed by atoms with Crippen LogP contribution in [0.5, 0.6) is 0 Å². The highest BCUT2D eigenvalue weighted by atomic mass is 32.1. The van der Waals surface area contributed by atoms with Gasteiger partial charge in [0.05, 0.1) is 6.04 Å². The summed E-state index contributed by atoms with van der Waals surface area (Å²) in [6.07, 6.45) is 6.28. The van der Waals surface area contributed by atoms with E-state index in [0.717, 1.165) is 49.7 Å². The van der Waals surface area contributed by atoms with Crippen LogP contribution in [0.1, 0.15) is 30.8 Å². The fraction of sp³-hybridized carbons (Fsp3) is 0.600. The Morgan fingerprint density at radius 2 is 2.24 bits per heavy atom. The minimum Gasteiger partial charge on any atom is -0.369 e. The first kappa shape index (κ1) is 16.0. The van der Waals surface area contributed by atoms with E-state index in [0.29, 0.717) is 4.80 Å². The number of nitrogens with one attached hydrogen (secondary N) is 2. The van der Waals surface area contributed by atoms with Gasteiger partial charge in [0.15, 0.2) is 4.80 Å². The normalized spacial score (nSPS) is 17.3. The smallest absolute Gasteiger partial charge is 0.200 e. The summed E-state index contributed by atoms with van der Waals surface area (Å²) < 4.78 is 1.82. The lowest BCUT2D eigenvalue weighted by molar-refractivity contribution is 0.308. The lowest BCUT2D eigenvalue weighted by Crippen LogP contribution is -2.42. The molecule has 6 heteroatoms. The monoisotopic (exact) mass is 307 g/mol. The first-order chi connectivity index (χ1) is 10.1. The SMILES string of the molecule is C=C(/C=C\CCC(C)n1nc(C)sc1=N)N1CCNCC1. The van der Waals surface area contributed by atoms with Crippen molar-refractivity contribution >= 4 is 11.3 Å². The number of allylic oxidation sites excluding steroid dienone is 2. The van der Waals surface area contributed by atoms with Gasteiger partial charge in [-0.05, 0) is 32.8 Å². The minimum absolute atomic E-state index is 0.263. The van der Waals surface area contributed by atoms with Gasteiger partial charge in [-0.2, -0.15) is 5.10 Å². The zero-order valence-electron chi connectivity index (χ0n) is 12.9. The molecule has 1 aromatic rings. The topological polar surface area (TPSA) is 56.9 Å². The van der Waals surface area contributed by atoms with Crippen LogP contribution in [-0.4, -0.2) is 40.9 Å². The molecule has 0 aliphatic carbocycles. The van der Waals surface area contributed by atoms with Gasteiger partial charge in [-0.3, -0.25) is 5.41 Å². The molecule has 5 nitrogen and oxygen atoms in total. The second-order valence-electron chi connectivity index (χ2n) is 5.43. The Balaban J connectivity index is 1.78. The summed E-state index contributed by atoms with van der Waals surface area (Å²) in [7, 11) is 0. The molecule has 0 bridgehead atoms. The molecular weight excluding hydrogens is 282 g/mol. The van der Waals surface area contributed by atoms with E-state index >= 15 is 0 Å². The minimum atomic E-state index is 0.263. The Kier molecular flexibility index (Phi) is 5.76. The van der Waals surface area contributed by atoms with Crippen molar-refractivity contribution in [2.75, 3.05) is 26.2 Å². The summed E-state index contributed by atoms with van der Waals surface area (Å²) in [4.78, 5) is 2.85. The second kappa shape index (κ2) is 7.56. The van der Waals surface area contributed by atoms with Crippen molar-refractivity contribution < 1.29 is 0 Å². The maximum Gasteiger partial charge on any atom is 0.200 e. The van der Waals surface area contributed by atoms with E-state index in [4.69, 9.17) is 5.41 Å². The number of aromatic nitrogens is 2. The van der Waals surface area contributed by atoms with Crippen LogP contribution >= 0.6 is 11.3 Å². The van der Waals surface area contributed by atoms with Gasteiger partial charge in [0.25, 0.3) is 0 Å². The van der Waals surface area contributed by atoms with Crippen molar-refractivity contribution in [1.82, 2.24) is 20.0 Å². The van der Waals surface area contributed by atoms with E-state index in [1.165, 1.54) is 11.3 Å². The van der Waals surface area contributed by atoms with Gasteiger partial charge in [0.1, 0.15) is 5.01 Å². The molecule has 2 heterocycles. The molecule has 0 amide bonds. The molecule has 0 spiro atoms. The molecule has 1 fully saturated rings. The summed E-state index contributed by atoms with van der Waals surface area (Å²) >= 11 is 1.43. The maximum atomic E-state index is 7.88. The number of hydrogen-bond donors (Lipinski definition) is 2. The number of hydrogen-bond acceptors (Lipinski definition) is 5. The third-order valence-corrected chi connectivity index (χ3v) is 4.46. The average molecular weight is 307 g/mol. The number of nitrogens with zero attached hydrogens (tertiary/aromatic N) is 3. The summed E-state index contributed by atoms with van der Waals surface area (Å²) in [6.45, 7) is 12.4. The Hall–Kier alpha value is -1.40. The average Bonchev–Trinajstić information content (AvgIpc) is 2.83. The van der Waals surface area contributed by atoms with Crippen molar-refractivity contribution in [1.29, 1.82) is 5.41 Å². The zero-order chi connectivity index (χ0) is 15.2. The van der Waals surface area contributed by atoms with Crippen LogP contribution in [0.2, 0.25) is 0 Å². The van der Waals surface area contributed by atoms with Gasteiger partial charge in [-0.25, -0.2) is 4.68 Å².